The van der Waals surface area contributed by atoms with E-state index in [-0.39, 0.29) is 11.4 Å². The molecule has 0 aliphatic carbocycles. The summed E-state index contributed by atoms with van der Waals surface area (Å²) in [4.78, 5) is 18.3. The molecule has 2 saturated heterocycles. The number of methoxy groups -OCH3 is 1. The molecule has 9 heteroatoms. The molecular formula is C19H25IN4O3S. The molecule has 7 nitrogen and oxygen atoms in total. The Balaban J connectivity index is 1.78. The van der Waals surface area contributed by atoms with Crippen LogP contribution in [0.2, 0.25) is 0 Å². The maximum absolute atomic E-state index is 11.4. The van der Waals surface area contributed by atoms with Crippen LogP contribution in [0.1, 0.15) is 18.4 Å². The molecule has 0 radical (unpaired) electrons. The molecule has 152 valence electrons. The Kier molecular flexibility index (Phi) is 7.68. The lowest BCUT2D eigenvalue weighted by Gasteiger charge is -2.42. The van der Waals surface area contributed by atoms with Crippen LogP contribution in [0.15, 0.2) is 12.1 Å². The highest BCUT2D eigenvalue weighted by Gasteiger charge is 2.29. The van der Waals surface area contributed by atoms with Crippen molar-refractivity contribution in [2.75, 3.05) is 58.3 Å². The number of rotatable bonds is 4. The SMILES string of the molecule is COc1cc(N2CCC(N3CCN(C)CC3)CC2)c(C#CSI)cc1[N+](=O)[O-]. The van der Waals surface area contributed by atoms with Crippen molar-refractivity contribution in [3.8, 4) is 16.9 Å². The Hall–Kier alpha value is -1.22. The minimum absolute atomic E-state index is 0.0404. The van der Waals surface area contributed by atoms with Crippen molar-refractivity contribution < 1.29 is 9.66 Å². The Bertz CT molecular complexity index is 766. The van der Waals surface area contributed by atoms with Gasteiger partial charge in [-0.05, 0) is 34.1 Å². The van der Waals surface area contributed by atoms with Gasteiger partial charge < -0.3 is 14.5 Å². The molecule has 28 heavy (non-hydrogen) atoms. The van der Waals surface area contributed by atoms with Gasteiger partial charge in [0.25, 0.3) is 0 Å². The van der Waals surface area contributed by atoms with Gasteiger partial charge in [-0.25, -0.2) is 0 Å². The summed E-state index contributed by atoms with van der Waals surface area (Å²) in [5.41, 5.74) is 1.58. The fourth-order valence-corrected chi connectivity index (χ4v) is 4.44. The van der Waals surface area contributed by atoms with Crippen LogP contribution in [0.25, 0.3) is 0 Å². The van der Waals surface area contributed by atoms with Crippen LogP contribution < -0.4 is 9.64 Å². The lowest BCUT2D eigenvalue weighted by Crippen LogP contribution is -2.52. The highest BCUT2D eigenvalue weighted by Crippen LogP contribution is 2.36. The molecule has 0 aromatic heterocycles. The van der Waals surface area contributed by atoms with Crippen LogP contribution in [0.3, 0.4) is 0 Å². The minimum Gasteiger partial charge on any atom is -0.490 e. The predicted octanol–water partition coefficient (Wildman–Crippen LogP) is 3.21. The van der Waals surface area contributed by atoms with E-state index >= 15 is 0 Å². The van der Waals surface area contributed by atoms with Crippen molar-refractivity contribution in [2.24, 2.45) is 0 Å². The zero-order valence-electron chi connectivity index (χ0n) is 16.2. The molecule has 3 rings (SSSR count). The van der Waals surface area contributed by atoms with Gasteiger partial charge in [0, 0.05) is 78.6 Å². The van der Waals surface area contributed by atoms with E-state index in [4.69, 9.17) is 4.74 Å². The summed E-state index contributed by atoms with van der Waals surface area (Å²) in [5.74, 6) is 3.36. The Morgan fingerprint density at radius 3 is 2.46 bits per heavy atom. The Morgan fingerprint density at radius 1 is 1.21 bits per heavy atom. The normalized spacial score (nSPS) is 19.2. The van der Waals surface area contributed by atoms with Gasteiger partial charge in [0.05, 0.1) is 23.3 Å². The van der Waals surface area contributed by atoms with Crippen LogP contribution >= 0.6 is 30.1 Å². The molecule has 0 saturated carbocycles. The average molecular weight is 516 g/mol. The van der Waals surface area contributed by atoms with E-state index in [0.717, 1.165) is 57.8 Å². The van der Waals surface area contributed by atoms with Crippen LogP contribution in [0.5, 0.6) is 5.75 Å². The predicted molar refractivity (Wildman–Crippen MR) is 122 cm³/mol. The third-order valence-electron chi connectivity index (χ3n) is 5.58. The van der Waals surface area contributed by atoms with Crippen molar-refractivity contribution in [1.29, 1.82) is 0 Å². The first-order valence-corrected chi connectivity index (χ1v) is 12.7. The second kappa shape index (κ2) is 10.0. The number of likely N-dealkylation sites (N-methyl/N-ethyl adjacent to an activating group) is 1. The monoisotopic (exact) mass is 516 g/mol. The highest BCUT2D eigenvalue weighted by atomic mass is 127. The van der Waals surface area contributed by atoms with Crippen LogP contribution in [0, 0.1) is 21.3 Å². The molecule has 0 bridgehead atoms. The molecule has 2 aliphatic heterocycles. The summed E-state index contributed by atoms with van der Waals surface area (Å²) in [5, 5.41) is 14.3. The first kappa shape index (κ1) is 21.5. The van der Waals surface area contributed by atoms with E-state index in [9.17, 15) is 10.1 Å². The Morgan fingerprint density at radius 2 is 1.89 bits per heavy atom. The number of piperidine rings is 1. The number of anilines is 1. The van der Waals surface area contributed by atoms with E-state index in [0.29, 0.717) is 11.6 Å². The fourth-order valence-electron chi connectivity index (χ4n) is 3.96. The molecular weight excluding hydrogens is 491 g/mol. The van der Waals surface area contributed by atoms with Crippen LogP contribution in [0.4, 0.5) is 11.4 Å². The number of nitrogens with zero attached hydrogens (tertiary/aromatic N) is 4. The van der Waals surface area contributed by atoms with Gasteiger partial charge >= 0.3 is 5.69 Å². The fraction of sp³-hybridized carbons (Fsp3) is 0.579. The van der Waals surface area contributed by atoms with E-state index in [2.05, 4.69) is 54.1 Å². The number of nitro benzene ring substituents is 1. The largest absolute Gasteiger partial charge is 0.490 e. The molecule has 0 amide bonds. The van der Waals surface area contributed by atoms with Crippen molar-refractivity contribution in [1.82, 2.24) is 9.80 Å². The standard InChI is InChI=1S/C19H25IN4O3S/c1-21-8-10-22(11-9-21)16-3-6-23(7-4-16)17-14-19(27-2)18(24(25)26)13-15(17)5-12-28-20/h13-14,16H,3-4,6-11H2,1-2H3. The molecule has 2 fully saturated rings. The maximum Gasteiger partial charge on any atom is 0.312 e. The van der Waals surface area contributed by atoms with Gasteiger partial charge in [-0.15, -0.1) is 0 Å². The summed E-state index contributed by atoms with van der Waals surface area (Å²) in [6, 6.07) is 3.93. The molecule has 1 aromatic carbocycles. The van der Waals surface area contributed by atoms with Crippen molar-refractivity contribution in [3.63, 3.8) is 0 Å². The molecule has 0 unspecified atom stereocenters. The van der Waals surface area contributed by atoms with Gasteiger partial charge in [0.1, 0.15) is 0 Å². The minimum atomic E-state index is -0.412. The third-order valence-corrected chi connectivity index (χ3v) is 6.42. The average Bonchev–Trinajstić information content (AvgIpc) is 2.72. The molecule has 0 atom stereocenters. The number of ether oxygens (including phenoxy) is 1. The molecule has 2 heterocycles. The maximum atomic E-state index is 11.4. The van der Waals surface area contributed by atoms with Crippen molar-refractivity contribution >= 4 is 41.5 Å². The van der Waals surface area contributed by atoms with Gasteiger partial charge in [0.15, 0.2) is 5.75 Å². The molecule has 1 aromatic rings. The number of piperazine rings is 1. The third kappa shape index (κ3) is 5.03. The van der Waals surface area contributed by atoms with Gasteiger partial charge in [-0.2, -0.15) is 0 Å². The number of halogens is 1. The van der Waals surface area contributed by atoms with Gasteiger partial charge in [-0.3, -0.25) is 15.0 Å². The van der Waals surface area contributed by atoms with Gasteiger partial charge in [0.2, 0.25) is 0 Å². The van der Waals surface area contributed by atoms with E-state index in [1.165, 1.54) is 16.0 Å². The zero-order chi connectivity index (χ0) is 20.1. The van der Waals surface area contributed by atoms with Gasteiger partial charge in [-0.1, -0.05) is 5.92 Å². The lowest BCUT2D eigenvalue weighted by atomic mass is 10.00. The first-order valence-electron chi connectivity index (χ1n) is 9.36. The van der Waals surface area contributed by atoms with Crippen LogP contribution in [-0.2, 0) is 0 Å². The smallest absolute Gasteiger partial charge is 0.312 e. The second-order valence-electron chi connectivity index (χ2n) is 7.16. The van der Waals surface area contributed by atoms with Crippen molar-refractivity contribution in [3.05, 3.63) is 27.8 Å². The van der Waals surface area contributed by atoms with Crippen molar-refractivity contribution in [2.45, 2.75) is 18.9 Å². The van der Waals surface area contributed by atoms with E-state index in [1.54, 1.807) is 12.1 Å². The summed E-state index contributed by atoms with van der Waals surface area (Å²) in [6.07, 6.45) is 2.19. The second-order valence-corrected chi connectivity index (χ2v) is 8.84. The quantitative estimate of drug-likeness (QED) is 0.264. The van der Waals surface area contributed by atoms with Crippen LogP contribution in [-0.4, -0.2) is 74.2 Å². The summed E-state index contributed by atoms with van der Waals surface area (Å²) >= 11 is 2.11. The first-order chi connectivity index (χ1) is 13.5. The summed E-state index contributed by atoms with van der Waals surface area (Å²) in [6.45, 7) is 6.38. The Labute approximate surface area is 182 Å². The number of nitro groups is 1. The number of hydrogen-bond acceptors (Lipinski definition) is 7. The number of hydrogen-bond donors (Lipinski definition) is 0. The van der Waals surface area contributed by atoms with E-state index in [1.807, 2.05) is 0 Å². The topological polar surface area (TPSA) is 62.1 Å². The lowest BCUT2D eigenvalue weighted by molar-refractivity contribution is -0.385. The van der Waals surface area contributed by atoms with E-state index < -0.39 is 4.92 Å². The summed E-state index contributed by atoms with van der Waals surface area (Å²) in [7, 11) is 5.02. The zero-order valence-corrected chi connectivity index (χ0v) is 19.2. The molecule has 2 aliphatic rings. The number of benzene rings is 1. The molecule has 0 N–H and O–H groups in total. The highest BCUT2D eigenvalue weighted by molar-refractivity contribution is 14.2. The molecule has 0 spiro atoms. The summed E-state index contributed by atoms with van der Waals surface area (Å²) < 4.78 is 5.29.